The number of hydrogen-bond acceptors (Lipinski definition) is 4. The third-order valence-corrected chi connectivity index (χ3v) is 7.61. The topological polar surface area (TPSA) is 95.6 Å². The van der Waals surface area contributed by atoms with E-state index < -0.39 is 56.4 Å². The number of sulfonamides is 1. The smallest absolute Gasteiger partial charge is 0.351 e. The Balaban J connectivity index is 1.65. The highest BCUT2D eigenvalue weighted by atomic mass is 32.2. The molecule has 1 heterocycles. The van der Waals surface area contributed by atoms with Crippen molar-refractivity contribution in [3.05, 3.63) is 65.5 Å². The van der Waals surface area contributed by atoms with Crippen LogP contribution in [0.2, 0.25) is 0 Å². The molecule has 1 aliphatic rings. The molecule has 12 heteroatoms. The summed E-state index contributed by atoms with van der Waals surface area (Å²) in [5.41, 5.74) is -0.598. The Hall–Kier alpha value is -2.99. The summed E-state index contributed by atoms with van der Waals surface area (Å²) in [6.07, 6.45) is -4.34. The van der Waals surface area contributed by atoms with E-state index in [1.54, 1.807) is 0 Å². The van der Waals surface area contributed by atoms with Crippen molar-refractivity contribution in [2.45, 2.75) is 49.3 Å². The van der Waals surface area contributed by atoms with Crippen LogP contribution < -0.4 is 10.6 Å². The highest BCUT2D eigenvalue weighted by Crippen LogP contribution is 2.35. The fraction of sp³-hybridized carbons (Fsp3) is 0.391. The average Bonchev–Trinajstić information content (AvgIpc) is 2.79. The van der Waals surface area contributed by atoms with Gasteiger partial charge in [0, 0.05) is 32.5 Å². The highest BCUT2D eigenvalue weighted by Gasteiger charge is 2.39. The van der Waals surface area contributed by atoms with Crippen LogP contribution in [0.1, 0.15) is 30.9 Å². The van der Waals surface area contributed by atoms with Crippen LogP contribution in [0.3, 0.4) is 0 Å². The van der Waals surface area contributed by atoms with Crippen LogP contribution in [-0.4, -0.2) is 49.7 Å². The zero-order valence-electron chi connectivity index (χ0n) is 18.8. The number of nitrogens with one attached hydrogen (secondary N) is 2. The quantitative estimate of drug-likeness (QED) is 0.555. The van der Waals surface area contributed by atoms with Gasteiger partial charge in [0.25, 0.3) is 0 Å². The highest BCUT2D eigenvalue weighted by molar-refractivity contribution is 7.89. The molecule has 3 rings (SSSR count). The molecule has 2 aromatic rings. The van der Waals surface area contributed by atoms with E-state index in [9.17, 15) is 35.6 Å². The summed E-state index contributed by atoms with van der Waals surface area (Å²) in [5, 5.41) is 5.32. The number of carbonyl (C=O) groups excluding carboxylic acids is 2. The Morgan fingerprint density at radius 2 is 1.66 bits per heavy atom. The zero-order valence-corrected chi connectivity index (χ0v) is 19.6. The summed E-state index contributed by atoms with van der Waals surface area (Å²) in [5.74, 6) is -1.36. The molecule has 2 N–H and O–H groups in total. The Morgan fingerprint density at radius 3 is 2.23 bits per heavy atom. The van der Waals surface area contributed by atoms with Gasteiger partial charge in [0.05, 0.1) is 10.5 Å². The van der Waals surface area contributed by atoms with Crippen LogP contribution in [0.15, 0.2) is 53.4 Å². The van der Waals surface area contributed by atoms with Crippen LogP contribution in [0.5, 0.6) is 0 Å². The molecule has 0 aliphatic carbocycles. The molecule has 190 valence electrons. The number of carbonyl (C=O) groups is 2. The summed E-state index contributed by atoms with van der Waals surface area (Å²) >= 11 is 0. The molecule has 0 unspecified atom stereocenters. The minimum Gasteiger partial charge on any atom is -0.351 e. The third-order valence-electron chi connectivity index (χ3n) is 5.66. The van der Waals surface area contributed by atoms with Gasteiger partial charge < -0.3 is 10.6 Å². The van der Waals surface area contributed by atoms with E-state index in [1.807, 2.05) is 0 Å². The predicted octanol–water partition coefficient (Wildman–Crippen LogP) is 2.86. The molecular formula is C23H25F4N3O4S. The maximum absolute atomic E-state index is 13.3. The van der Waals surface area contributed by atoms with E-state index in [4.69, 9.17) is 0 Å². The number of amides is 2. The largest absolute Gasteiger partial charge is 0.417 e. The second kappa shape index (κ2) is 10.7. The van der Waals surface area contributed by atoms with Crippen LogP contribution in [0.4, 0.5) is 17.6 Å². The first-order valence-corrected chi connectivity index (χ1v) is 12.3. The van der Waals surface area contributed by atoms with Crippen molar-refractivity contribution in [1.29, 1.82) is 0 Å². The van der Waals surface area contributed by atoms with Crippen LogP contribution in [-0.2, 0) is 32.2 Å². The van der Waals surface area contributed by atoms with Gasteiger partial charge in [-0.2, -0.15) is 17.5 Å². The lowest BCUT2D eigenvalue weighted by Crippen LogP contribution is -2.53. The number of hydrogen-bond donors (Lipinski definition) is 2. The summed E-state index contributed by atoms with van der Waals surface area (Å²) in [6, 6.07) is 8.13. The summed E-state index contributed by atoms with van der Waals surface area (Å²) < 4.78 is 79.9. The fourth-order valence-electron chi connectivity index (χ4n) is 3.92. The lowest BCUT2D eigenvalue weighted by molar-refractivity contribution is -0.140. The second-order valence-electron chi connectivity index (χ2n) is 8.26. The van der Waals surface area contributed by atoms with E-state index in [0.717, 1.165) is 22.5 Å². The molecule has 0 saturated carbocycles. The number of nitrogens with zero attached hydrogens (tertiary/aromatic N) is 1. The molecule has 1 aliphatic heterocycles. The van der Waals surface area contributed by atoms with Gasteiger partial charge in [0.2, 0.25) is 21.8 Å². The van der Waals surface area contributed by atoms with E-state index in [1.165, 1.54) is 37.3 Å². The minimum absolute atomic E-state index is 0.0811. The first kappa shape index (κ1) is 26.6. The standard InChI is InChI=1S/C23H25F4N3O4S/c1-15(31)28-20(14-16-6-8-17(24)9-7-16)22(32)29-18-10-12-30(13-11-18)35(33,34)21-5-3-2-4-19(21)23(25,26)27/h2-9,18,20H,10-14H2,1H3,(H,28,31)(H,29,32)/t20-/m1/s1. The van der Waals surface area contributed by atoms with Gasteiger partial charge in [-0.15, -0.1) is 0 Å². The fourth-order valence-corrected chi connectivity index (χ4v) is 5.60. The van der Waals surface area contributed by atoms with Gasteiger partial charge >= 0.3 is 6.18 Å². The Labute approximate surface area is 200 Å². The molecule has 1 fully saturated rings. The monoisotopic (exact) mass is 515 g/mol. The van der Waals surface area contributed by atoms with Crippen molar-refractivity contribution in [2.75, 3.05) is 13.1 Å². The SMILES string of the molecule is CC(=O)N[C@H](Cc1ccc(F)cc1)C(=O)NC1CCN(S(=O)(=O)c2ccccc2C(F)(F)F)CC1. The van der Waals surface area contributed by atoms with Crippen molar-refractivity contribution in [3.63, 3.8) is 0 Å². The van der Waals surface area contributed by atoms with Crippen molar-refractivity contribution >= 4 is 21.8 Å². The van der Waals surface area contributed by atoms with Gasteiger partial charge in [-0.1, -0.05) is 24.3 Å². The van der Waals surface area contributed by atoms with E-state index in [-0.39, 0.29) is 32.4 Å². The van der Waals surface area contributed by atoms with E-state index >= 15 is 0 Å². The lowest BCUT2D eigenvalue weighted by atomic mass is 10.0. The Morgan fingerprint density at radius 1 is 1.06 bits per heavy atom. The number of benzene rings is 2. The molecule has 1 saturated heterocycles. The van der Waals surface area contributed by atoms with Crippen LogP contribution in [0, 0.1) is 5.82 Å². The van der Waals surface area contributed by atoms with Gasteiger partial charge in [-0.3, -0.25) is 9.59 Å². The van der Waals surface area contributed by atoms with Gasteiger partial charge in [-0.25, -0.2) is 12.8 Å². The first-order chi connectivity index (χ1) is 16.4. The summed E-state index contributed by atoms with van der Waals surface area (Å²) in [6.45, 7) is 1.09. The van der Waals surface area contributed by atoms with Crippen molar-refractivity contribution < 1.29 is 35.6 Å². The predicted molar refractivity (Wildman–Crippen MR) is 119 cm³/mol. The van der Waals surface area contributed by atoms with Crippen LogP contribution in [0.25, 0.3) is 0 Å². The second-order valence-corrected chi connectivity index (χ2v) is 10.2. The molecule has 2 amide bonds. The molecule has 2 aromatic carbocycles. The first-order valence-electron chi connectivity index (χ1n) is 10.9. The van der Waals surface area contributed by atoms with Gasteiger partial charge in [-0.05, 0) is 42.7 Å². The van der Waals surface area contributed by atoms with Crippen molar-refractivity contribution in [3.8, 4) is 0 Å². The lowest BCUT2D eigenvalue weighted by Gasteiger charge is -2.33. The molecule has 0 spiro atoms. The van der Waals surface area contributed by atoms with E-state index in [2.05, 4.69) is 10.6 Å². The zero-order chi connectivity index (χ0) is 25.8. The molecule has 7 nitrogen and oxygen atoms in total. The van der Waals surface area contributed by atoms with E-state index in [0.29, 0.717) is 5.56 Å². The molecule has 0 radical (unpaired) electrons. The molecule has 1 atom stereocenters. The Bertz CT molecular complexity index is 1160. The number of halogens is 4. The minimum atomic E-state index is -4.82. The average molecular weight is 516 g/mol. The van der Waals surface area contributed by atoms with Gasteiger partial charge in [0.1, 0.15) is 11.9 Å². The number of alkyl halides is 3. The van der Waals surface area contributed by atoms with Gasteiger partial charge in [0.15, 0.2) is 0 Å². The third kappa shape index (κ3) is 6.79. The summed E-state index contributed by atoms with van der Waals surface area (Å²) in [7, 11) is -4.39. The van der Waals surface area contributed by atoms with Crippen LogP contribution >= 0.6 is 0 Å². The molecule has 0 bridgehead atoms. The van der Waals surface area contributed by atoms with Crippen molar-refractivity contribution in [2.24, 2.45) is 0 Å². The van der Waals surface area contributed by atoms with Crippen molar-refractivity contribution in [1.82, 2.24) is 14.9 Å². The molecule has 0 aromatic heterocycles. The summed E-state index contributed by atoms with van der Waals surface area (Å²) in [4.78, 5) is 23.6. The molecular weight excluding hydrogens is 490 g/mol. The maximum atomic E-state index is 13.3. The number of piperidine rings is 1. The normalized spacial score (nSPS) is 16.5. The maximum Gasteiger partial charge on any atom is 0.417 e. The molecule has 35 heavy (non-hydrogen) atoms. The Kier molecular flexibility index (Phi) is 8.16. The number of rotatable bonds is 7.